The molecule has 0 spiro atoms. The number of nitrogen functional groups attached to an aromatic ring is 1. The minimum Gasteiger partial charge on any atom is -0.384 e. The molecule has 0 amide bonds. The summed E-state index contributed by atoms with van der Waals surface area (Å²) in [6, 6.07) is 14.3. The molecule has 17 heavy (non-hydrogen) atoms. The van der Waals surface area contributed by atoms with Gasteiger partial charge in [-0.15, -0.1) is 0 Å². The molecule has 3 heteroatoms. The first kappa shape index (κ1) is 9.90. The van der Waals surface area contributed by atoms with Crippen LogP contribution in [0.2, 0.25) is 0 Å². The van der Waals surface area contributed by atoms with Gasteiger partial charge in [0.1, 0.15) is 5.82 Å². The fourth-order valence-corrected chi connectivity index (χ4v) is 2.12. The van der Waals surface area contributed by atoms with Crippen LogP contribution in [0.25, 0.3) is 22.2 Å². The molecule has 0 saturated carbocycles. The van der Waals surface area contributed by atoms with Crippen LogP contribution >= 0.6 is 0 Å². The summed E-state index contributed by atoms with van der Waals surface area (Å²) in [5.74, 6) is 0.549. The van der Waals surface area contributed by atoms with Gasteiger partial charge in [0.2, 0.25) is 0 Å². The van der Waals surface area contributed by atoms with E-state index in [-0.39, 0.29) is 0 Å². The summed E-state index contributed by atoms with van der Waals surface area (Å²) >= 11 is 0. The molecule has 0 aliphatic rings. The van der Waals surface area contributed by atoms with Crippen LogP contribution in [0.15, 0.2) is 48.7 Å². The van der Waals surface area contributed by atoms with Crippen molar-refractivity contribution in [1.29, 1.82) is 0 Å². The van der Waals surface area contributed by atoms with Crippen LogP contribution in [0, 0.1) is 0 Å². The Balaban J connectivity index is 2.24. The maximum Gasteiger partial charge on any atom is 0.123 e. The zero-order valence-corrected chi connectivity index (χ0v) is 9.59. The van der Waals surface area contributed by atoms with Crippen molar-refractivity contribution < 1.29 is 0 Å². The average Bonchev–Trinajstić information content (AvgIpc) is 2.69. The smallest absolute Gasteiger partial charge is 0.123 e. The number of nitrogens with two attached hydrogens (primary N) is 1. The fourth-order valence-electron chi connectivity index (χ4n) is 2.12. The molecule has 84 valence electrons. The number of aryl methyl sites for hydroxylation is 1. The third kappa shape index (κ3) is 1.56. The van der Waals surface area contributed by atoms with Crippen molar-refractivity contribution >= 4 is 16.7 Å². The standard InChI is InChI=1S/C14H13N3/c1-17-12-5-3-2-4-10(12)8-13(17)11-6-7-14(15)16-9-11/h2-9H,1H3,(H2,15,16). The van der Waals surface area contributed by atoms with Gasteiger partial charge in [-0.25, -0.2) is 4.98 Å². The summed E-state index contributed by atoms with van der Waals surface area (Å²) in [5, 5.41) is 1.24. The van der Waals surface area contributed by atoms with Crippen molar-refractivity contribution in [3.63, 3.8) is 0 Å². The normalized spacial score (nSPS) is 10.9. The molecular weight excluding hydrogens is 210 g/mol. The largest absolute Gasteiger partial charge is 0.384 e. The first-order valence-corrected chi connectivity index (χ1v) is 5.52. The van der Waals surface area contributed by atoms with E-state index in [1.807, 2.05) is 30.5 Å². The van der Waals surface area contributed by atoms with Crippen molar-refractivity contribution in [3.05, 3.63) is 48.7 Å². The molecular formula is C14H13N3. The second-order valence-electron chi connectivity index (χ2n) is 4.12. The fraction of sp³-hybridized carbons (Fsp3) is 0.0714. The third-order valence-electron chi connectivity index (χ3n) is 3.03. The van der Waals surface area contributed by atoms with Crippen molar-refractivity contribution in [2.24, 2.45) is 7.05 Å². The zero-order valence-electron chi connectivity index (χ0n) is 9.59. The lowest BCUT2D eigenvalue weighted by Gasteiger charge is -2.04. The molecule has 2 N–H and O–H groups in total. The predicted molar refractivity (Wildman–Crippen MR) is 70.6 cm³/mol. The van der Waals surface area contributed by atoms with Crippen LogP contribution in [0.5, 0.6) is 0 Å². The Morgan fingerprint density at radius 3 is 2.65 bits per heavy atom. The Labute approximate surface area is 99.5 Å². The molecule has 0 bridgehead atoms. The zero-order chi connectivity index (χ0) is 11.8. The van der Waals surface area contributed by atoms with E-state index in [0.717, 1.165) is 11.3 Å². The van der Waals surface area contributed by atoms with Gasteiger partial charge in [-0.2, -0.15) is 0 Å². The van der Waals surface area contributed by atoms with Gasteiger partial charge in [-0.1, -0.05) is 18.2 Å². The van der Waals surface area contributed by atoms with E-state index in [2.05, 4.69) is 34.8 Å². The first-order valence-electron chi connectivity index (χ1n) is 5.52. The number of benzene rings is 1. The van der Waals surface area contributed by atoms with E-state index in [1.165, 1.54) is 10.9 Å². The van der Waals surface area contributed by atoms with Gasteiger partial charge < -0.3 is 10.3 Å². The van der Waals surface area contributed by atoms with Gasteiger partial charge in [0.25, 0.3) is 0 Å². The first-order chi connectivity index (χ1) is 8.25. The third-order valence-corrected chi connectivity index (χ3v) is 3.03. The Hall–Kier alpha value is -2.29. The highest BCUT2D eigenvalue weighted by molar-refractivity contribution is 5.86. The summed E-state index contributed by atoms with van der Waals surface area (Å²) in [5.41, 5.74) is 9.05. The maximum absolute atomic E-state index is 5.60. The molecule has 0 atom stereocenters. The Kier molecular flexibility index (Phi) is 2.11. The van der Waals surface area contributed by atoms with Crippen molar-refractivity contribution in [2.75, 3.05) is 5.73 Å². The molecule has 0 saturated heterocycles. The van der Waals surface area contributed by atoms with Crippen LogP contribution < -0.4 is 5.73 Å². The highest BCUT2D eigenvalue weighted by atomic mass is 14.9. The second-order valence-corrected chi connectivity index (χ2v) is 4.12. The molecule has 1 aromatic carbocycles. The topological polar surface area (TPSA) is 43.8 Å². The number of fused-ring (bicyclic) bond motifs is 1. The molecule has 2 aromatic heterocycles. The number of aromatic nitrogens is 2. The summed E-state index contributed by atoms with van der Waals surface area (Å²) < 4.78 is 2.17. The minimum atomic E-state index is 0.549. The molecule has 3 aromatic rings. The van der Waals surface area contributed by atoms with E-state index < -0.39 is 0 Å². The molecule has 0 fully saturated rings. The van der Waals surface area contributed by atoms with E-state index in [4.69, 9.17) is 5.73 Å². The lowest BCUT2D eigenvalue weighted by molar-refractivity contribution is 0.977. The van der Waals surface area contributed by atoms with E-state index >= 15 is 0 Å². The quantitative estimate of drug-likeness (QED) is 0.689. The number of hydrogen-bond donors (Lipinski definition) is 1. The molecule has 3 rings (SSSR count). The van der Waals surface area contributed by atoms with Crippen molar-refractivity contribution in [1.82, 2.24) is 9.55 Å². The van der Waals surface area contributed by atoms with E-state index in [9.17, 15) is 0 Å². The monoisotopic (exact) mass is 223 g/mol. The van der Waals surface area contributed by atoms with Crippen LogP contribution in [-0.2, 0) is 7.05 Å². The summed E-state index contributed by atoms with van der Waals surface area (Å²) in [6.45, 7) is 0. The maximum atomic E-state index is 5.60. The Morgan fingerprint density at radius 1 is 1.12 bits per heavy atom. The summed E-state index contributed by atoms with van der Waals surface area (Å²) in [6.07, 6.45) is 1.81. The highest BCUT2D eigenvalue weighted by Crippen LogP contribution is 2.26. The average molecular weight is 223 g/mol. The van der Waals surface area contributed by atoms with Gasteiger partial charge in [0.05, 0.1) is 5.69 Å². The van der Waals surface area contributed by atoms with E-state index in [0.29, 0.717) is 5.82 Å². The summed E-state index contributed by atoms with van der Waals surface area (Å²) in [4.78, 5) is 4.13. The number of hydrogen-bond acceptors (Lipinski definition) is 2. The van der Waals surface area contributed by atoms with Crippen LogP contribution in [0.1, 0.15) is 0 Å². The van der Waals surface area contributed by atoms with Gasteiger partial charge in [0.15, 0.2) is 0 Å². The van der Waals surface area contributed by atoms with E-state index in [1.54, 1.807) is 0 Å². The number of nitrogens with zero attached hydrogens (tertiary/aromatic N) is 2. The lowest BCUT2D eigenvalue weighted by Crippen LogP contribution is -1.93. The number of pyridine rings is 1. The van der Waals surface area contributed by atoms with Crippen LogP contribution in [0.4, 0.5) is 5.82 Å². The predicted octanol–water partition coefficient (Wildman–Crippen LogP) is 2.82. The van der Waals surface area contributed by atoms with Crippen molar-refractivity contribution in [3.8, 4) is 11.3 Å². The highest BCUT2D eigenvalue weighted by Gasteiger charge is 2.07. The molecule has 2 heterocycles. The number of para-hydroxylation sites is 1. The lowest BCUT2D eigenvalue weighted by atomic mass is 10.2. The molecule has 0 aliphatic carbocycles. The molecule has 3 nitrogen and oxygen atoms in total. The number of rotatable bonds is 1. The Morgan fingerprint density at radius 2 is 1.94 bits per heavy atom. The second kappa shape index (κ2) is 3.63. The molecule has 0 radical (unpaired) electrons. The Bertz CT molecular complexity index is 666. The molecule has 0 aliphatic heterocycles. The summed E-state index contributed by atoms with van der Waals surface area (Å²) in [7, 11) is 2.06. The SMILES string of the molecule is Cn1c(-c2ccc(N)nc2)cc2ccccc21. The van der Waals surface area contributed by atoms with Gasteiger partial charge >= 0.3 is 0 Å². The van der Waals surface area contributed by atoms with Gasteiger partial charge in [0, 0.05) is 29.7 Å². The van der Waals surface area contributed by atoms with Crippen molar-refractivity contribution in [2.45, 2.75) is 0 Å². The van der Waals surface area contributed by atoms with Gasteiger partial charge in [-0.05, 0) is 24.3 Å². The van der Waals surface area contributed by atoms with Crippen LogP contribution in [-0.4, -0.2) is 9.55 Å². The molecule has 0 unspecified atom stereocenters. The van der Waals surface area contributed by atoms with Gasteiger partial charge in [-0.3, -0.25) is 0 Å². The number of anilines is 1. The van der Waals surface area contributed by atoms with Crippen LogP contribution in [0.3, 0.4) is 0 Å². The minimum absolute atomic E-state index is 0.549.